The smallest absolute Gasteiger partial charge is 0.254 e. The zero-order chi connectivity index (χ0) is 18.4. The molecule has 0 spiro atoms. The number of ether oxygens (including phenoxy) is 1. The summed E-state index contributed by atoms with van der Waals surface area (Å²) in [5.41, 5.74) is 3.05. The van der Waals surface area contributed by atoms with E-state index in [1.165, 1.54) is 35.7 Å². The summed E-state index contributed by atoms with van der Waals surface area (Å²) in [5.74, 6) is 0.706. The van der Waals surface area contributed by atoms with Gasteiger partial charge in [-0.3, -0.25) is 4.79 Å². The van der Waals surface area contributed by atoms with Crippen LogP contribution in [0.15, 0.2) is 46.5 Å². The van der Waals surface area contributed by atoms with Gasteiger partial charge in [0.1, 0.15) is 5.03 Å². The Balaban J connectivity index is 1.54. The van der Waals surface area contributed by atoms with Crippen LogP contribution in [-0.4, -0.2) is 30.6 Å². The second-order valence-corrected chi connectivity index (χ2v) is 7.89. The van der Waals surface area contributed by atoms with E-state index >= 15 is 0 Å². The topological polar surface area (TPSA) is 51.2 Å². The van der Waals surface area contributed by atoms with E-state index in [9.17, 15) is 4.79 Å². The molecule has 1 amide bonds. The molecule has 1 N–H and O–H groups in total. The minimum atomic E-state index is -0.0763. The summed E-state index contributed by atoms with van der Waals surface area (Å²) in [4.78, 5) is 18.1. The van der Waals surface area contributed by atoms with Gasteiger partial charge in [0.15, 0.2) is 0 Å². The molecule has 1 fully saturated rings. The van der Waals surface area contributed by atoms with E-state index < -0.39 is 0 Å². The van der Waals surface area contributed by atoms with Crippen LogP contribution in [0.4, 0.5) is 0 Å². The molecule has 1 aromatic heterocycles. The van der Waals surface area contributed by atoms with Gasteiger partial charge in [0.05, 0.1) is 5.56 Å². The number of pyridine rings is 1. The first-order valence-corrected chi connectivity index (χ1v) is 10.0. The highest BCUT2D eigenvalue weighted by molar-refractivity contribution is 7.99. The maximum atomic E-state index is 12.5. The average molecular weight is 371 g/mol. The summed E-state index contributed by atoms with van der Waals surface area (Å²) in [6.45, 7) is 6.35. The number of rotatable bonds is 9. The molecular weight excluding hydrogens is 344 g/mol. The summed E-state index contributed by atoms with van der Waals surface area (Å²) in [6.07, 6.45) is 5.17. The van der Waals surface area contributed by atoms with E-state index in [0.717, 1.165) is 28.9 Å². The fourth-order valence-corrected chi connectivity index (χ4v) is 3.62. The van der Waals surface area contributed by atoms with Crippen molar-refractivity contribution < 1.29 is 9.53 Å². The van der Waals surface area contributed by atoms with Gasteiger partial charge >= 0.3 is 0 Å². The Labute approximate surface area is 159 Å². The Hall–Kier alpha value is -1.85. The Bertz CT molecular complexity index is 759. The number of carbonyl (C=O) groups is 1. The predicted molar refractivity (Wildman–Crippen MR) is 105 cm³/mol. The highest BCUT2D eigenvalue weighted by Crippen LogP contribution is 2.31. The van der Waals surface area contributed by atoms with Crippen molar-refractivity contribution in [3.05, 3.63) is 53.2 Å². The molecule has 1 heterocycles. The van der Waals surface area contributed by atoms with Crippen molar-refractivity contribution in [1.29, 1.82) is 0 Å². The van der Waals surface area contributed by atoms with Crippen molar-refractivity contribution in [2.75, 3.05) is 19.8 Å². The van der Waals surface area contributed by atoms with Crippen LogP contribution in [-0.2, 0) is 4.74 Å². The van der Waals surface area contributed by atoms with Crippen molar-refractivity contribution in [3.63, 3.8) is 0 Å². The van der Waals surface area contributed by atoms with Gasteiger partial charge in [-0.25, -0.2) is 4.98 Å². The molecule has 1 aromatic carbocycles. The second-order valence-electron chi connectivity index (χ2n) is 6.85. The third-order valence-corrected chi connectivity index (χ3v) is 5.55. The van der Waals surface area contributed by atoms with Gasteiger partial charge in [-0.05, 0) is 62.8 Å². The number of hydrogen-bond acceptors (Lipinski definition) is 4. The van der Waals surface area contributed by atoms with Crippen LogP contribution in [0.2, 0.25) is 0 Å². The van der Waals surface area contributed by atoms with Crippen LogP contribution in [0.3, 0.4) is 0 Å². The van der Waals surface area contributed by atoms with Crippen molar-refractivity contribution in [2.45, 2.75) is 43.0 Å². The molecule has 5 heteroatoms. The minimum Gasteiger partial charge on any atom is -0.381 e. The first-order valence-electron chi connectivity index (χ1n) is 9.19. The number of hydrogen-bond donors (Lipinski definition) is 1. The number of nitrogens with zero attached hydrogens (tertiary/aromatic N) is 1. The Morgan fingerprint density at radius 2 is 2.15 bits per heavy atom. The minimum absolute atomic E-state index is 0.0763. The van der Waals surface area contributed by atoms with E-state index in [-0.39, 0.29) is 5.91 Å². The highest BCUT2D eigenvalue weighted by atomic mass is 32.2. The second kappa shape index (κ2) is 9.19. The molecule has 0 saturated heterocycles. The number of aromatic nitrogens is 1. The third kappa shape index (κ3) is 5.58. The third-order valence-electron chi connectivity index (χ3n) is 4.35. The number of benzene rings is 1. The van der Waals surface area contributed by atoms with Gasteiger partial charge in [-0.15, -0.1) is 0 Å². The highest BCUT2D eigenvalue weighted by Gasteiger charge is 2.20. The maximum Gasteiger partial charge on any atom is 0.254 e. The van der Waals surface area contributed by atoms with Crippen LogP contribution >= 0.6 is 11.8 Å². The molecule has 3 rings (SSSR count). The molecule has 0 aliphatic heterocycles. The van der Waals surface area contributed by atoms with Crippen LogP contribution in [0.25, 0.3) is 0 Å². The maximum absolute atomic E-state index is 12.5. The Kier molecular flexibility index (Phi) is 6.69. The summed E-state index contributed by atoms with van der Waals surface area (Å²) < 4.78 is 5.60. The summed E-state index contributed by atoms with van der Waals surface area (Å²) in [6, 6.07) is 9.95. The molecule has 0 atom stereocenters. The van der Waals surface area contributed by atoms with Crippen LogP contribution < -0.4 is 5.32 Å². The summed E-state index contributed by atoms with van der Waals surface area (Å²) in [5, 5.41) is 3.72. The van der Waals surface area contributed by atoms with Gasteiger partial charge < -0.3 is 10.1 Å². The van der Waals surface area contributed by atoms with Gasteiger partial charge in [0.25, 0.3) is 5.91 Å². The number of nitrogens with one attached hydrogen (secondary N) is 1. The summed E-state index contributed by atoms with van der Waals surface area (Å²) >= 11 is 1.54. The molecule has 0 radical (unpaired) electrons. The molecule has 26 heavy (non-hydrogen) atoms. The quantitative estimate of drug-likeness (QED) is 0.665. The normalized spacial score (nSPS) is 13.6. The first kappa shape index (κ1) is 18.9. The zero-order valence-electron chi connectivity index (χ0n) is 15.5. The lowest BCUT2D eigenvalue weighted by atomic mass is 10.2. The van der Waals surface area contributed by atoms with E-state index in [1.54, 1.807) is 12.3 Å². The largest absolute Gasteiger partial charge is 0.381 e. The molecular formula is C21H26N2O2S. The molecule has 1 aliphatic rings. The van der Waals surface area contributed by atoms with Gasteiger partial charge in [0, 0.05) is 30.9 Å². The molecule has 0 unspecified atom stereocenters. The van der Waals surface area contributed by atoms with Crippen LogP contribution in [0, 0.1) is 19.8 Å². The van der Waals surface area contributed by atoms with E-state index in [4.69, 9.17) is 4.74 Å². The standard InChI is InChI=1S/C21H26N2O2S/c1-15-6-9-19(16(2)13-15)26-21-18(5-3-10-23-21)20(24)22-11-4-12-25-14-17-7-8-17/h3,5-6,9-10,13,17H,4,7-8,11-12,14H2,1-2H3,(H,22,24). The van der Waals surface area contributed by atoms with Crippen molar-refractivity contribution in [2.24, 2.45) is 5.92 Å². The fourth-order valence-electron chi connectivity index (χ4n) is 2.67. The zero-order valence-corrected chi connectivity index (χ0v) is 16.3. The lowest BCUT2D eigenvalue weighted by Crippen LogP contribution is -2.26. The van der Waals surface area contributed by atoms with E-state index in [2.05, 4.69) is 42.3 Å². The number of amides is 1. The van der Waals surface area contributed by atoms with Crippen molar-refractivity contribution in [1.82, 2.24) is 10.3 Å². The molecule has 1 saturated carbocycles. The fraction of sp³-hybridized carbons (Fsp3) is 0.429. The van der Waals surface area contributed by atoms with Gasteiger partial charge in [-0.1, -0.05) is 29.5 Å². The molecule has 4 nitrogen and oxygen atoms in total. The van der Waals surface area contributed by atoms with Crippen molar-refractivity contribution >= 4 is 17.7 Å². The van der Waals surface area contributed by atoms with E-state index in [1.807, 2.05) is 6.07 Å². The van der Waals surface area contributed by atoms with Crippen molar-refractivity contribution in [3.8, 4) is 0 Å². The molecule has 1 aliphatic carbocycles. The van der Waals surface area contributed by atoms with Crippen LogP contribution in [0.1, 0.15) is 40.7 Å². The number of aryl methyl sites for hydroxylation is 2. The summed E-state index contributed by atoms with van der Waals surface area (Å²) in [7, 11) is 0. The first-order chi connectivity index (χ1) is 12.6. The molecule has 2 aromatic rings. The Morgan fingerprint density at radius 1 is 1.31 bits per heavy atom. The molecule has 0 bridgehead atoms. The van der Waals surface area contributed by atoms with Crippen LogP contribution in [0.5, 0.6) is 0 Å². The lowest BCUT2D eigenvalue weighted by Gasteiger charge is -2.11. The predicted octanol–water partition coefficient (Wildman–Crippen LogP) is 4.40. The lowest BCUT2D eigenvalue weighted by molar-refractivity contribution is 0.0934. The monoisotopic (exact) mass is 370 g/mol. The van der Waals surface area contributed by atoms with Gasteiger partial charge in [-0.2, -0.15) is 0 Å². The van der Waals surface area contributed by atoms with Gasteiger partial charge in [0.2, 0.25) is 0 Å². The molecule has 138 valence electrons. The average Bonchev–Trinajstić information content (AvgIpc) is 3.45. The van der Waals surface area contributed by atoms with E-state index in [0.29, 0.717) is 18.7 Å². The SMILES string of the molecule is Cc1ccc(Sc2ncccc2C(=O)NCCCOCC2CC2)c(C)c1. The Morgan fingerprint density at radius 3 is 2.92 bits per heavy atom. The number of carbonyl (C=O) groups excluding carboxylic acids is 1.